The quantitative estimate of drug-likeness (QED) is 0.696. The number of aryl methyl sites for hydroxylation is 1. The lowest BCUT2D eigenvalue weighted by Crippen LogP contribution is -2.41. The molecule has 2 aliphatic heterocycles. The molecule has 2 aliphatic rings. The van der Waals surface area contributed by atoms with Gasteiger partial charge in [0.25, 0.3) is 0 Å². The van der Waals surface area contributed by atoms with E-state index in [0.29, 0.717) is 13.2 Å². The maximum atomic E-state index is 12.4. The molecule has 1 aromatic rings. The molecule has 3 heterocycles. The average Bonchev–Trinajstić information content (AvgIpc) is 3.03. The molecular formula is C13H20N4O2. The van der Waals surface area contributed by atoms with Crippen LogP contribution in [0.5, 0.6) is 0 Å². The van der Waals surface area contributed by atoms with E-state index in [1.54, 1.807) is 6.20 Å². The maximum absolute atomic E-state index is 12.4. The normalized spacial score (nSPS) is 28.7. The average molecular weight is 264 g/mol. The summed E-state index contributed by atoms with van der Waals surface area (Å²) < 4.78 is 7.60. The molecule has 0 saturated carbocycles. The van der Waals surface area contributed by atoms with Crippen molar-refractivity contribution in [3.63, 3.8) is 0 Å². The van der Waals surface area contributed by atoms with Crippen molar-refractivity contribution < 1.29 is 9.53 Å². The van der Waals surface area contributed by atoms with Crippen molar-refractivity contribution in [1.82, 2.24) is 19.9 Å². The third-order valence-electron chi connectivity index (χ3n) is 4.11. The standard InChI is InChI=1S/C13H20N4O2/c1-10-4-6-17-12(7-14-15-17)9-19-8-11-3-2-5-16(11)13(10)18/h7,10-11H,2-6,8-9H2,1H3/t10-,11-/m1/s1. The summed E-state index contributed by atoms with van der Waals surface area (Å²) in [7, 11) is 0. The van der Waals surface area contributed by atoms with Gasteiger partial charge >= 0.3 is 0 Å². The molecule has 3 rings (SSSR count). The summed E-state index contributed by atoms with van der Waals surface area (Å²) in [4.78, 5) is 14.4. The van der Waals surface area contributed by atoms with Gasteiger partial charge < -0.3 is 9.64 Å². The molecule has 0 bridgehead atoms. The van der Waals surface area contributed by atoms with Crippen molar-refractivity contribution in [2.45, 2.75) is 45.4 Å². The Morgan fingerprint density at radius 3 is 3.16 bits per heavy atom. The summed E-state index contributed by atoms with van der Waals surface area (Å²) in [6, 6.07) is 0.248. The molecule has 19 heavy (non-hydrogen) atoms. The number of hydrogen-bond acceptors (Lipinski definition) is 4. The lowest BCUT2D eigenvalue weighted by atomic mass is 10.1. The van der Waals surface area contributed by atoms with Crippen molar-refractivity contribution in [3.05, 3.63) is 11.9 Å². The van der Waals surface area contributed by atoms with E-state index in [1.807, 2.05) is 16.5 Å². The summed E-state index contributed by atoms with van der Waals surface area (Å²) >= 11 is 0. The van der Waals surface area contributed by atoms with E-state index in [0.717, 1.165) is 38.0 Å². The molecule has 0 unspecified atom stereocenters. The molecule has 6 heteroatoms. The predicted octanol–water partition coefficient (Wildman–Crippen LogP) is 0.825. The van der Waals surface area contributed by atoms with Gasteiger partial charge in [0.2, 0.25) is 5.91 Å². The van der Waals surface area contributed by atoms with Gasteiger partial charge in [-0.3, -0.25) is 4.79 Å². The van der Waals surface area contributed by atoms with Gasteiger partial charge in [-0.2, -0.15) is 0 Å². The molecule has 0 radical (unpaired) electrons. The summed E-state index contributed by atoms with van der Waals surface area (Å²) in [5.74, 6) is 0.297. The van der Waals surface area contributed by atoms with Crippen LogP contribution < -0.4 is 0 Å². The Morgan fingerprint density at radius 1 is 1.37 bits per heavy atom. The Kier molecular flexibility index (Phi) is 3.50. The van der Waals surface area contributed by atoms with E-state index in [1.165, 1.54) is 0 Å². The molecule has 0 spiro atoms. The van der Waals surface area contributed by atoms with Crippen molar-refractivity contribution in [2.24, 2.45) is 5.92 Å². The van der Waals surface area contributed by atoms with Gasteiger partial charge in [-0.1, -0.05) is 12.1 Å². The van der Waals surface area contributed by atoms with E-state index in [-0.39, 0.29) is 17.9 Å². The summed E-state index contributed by atoms with van der Waals surface area (Å²) in [6.45, 7) is 4.75. The third-order valence-corrected chi connectivity index (χ3v) is 4.11. The van der Waals surface area contributed by atoms with E-state index < -0.39 is 0 Å². The van der Waals surface area contributed by atoms with Gasteiger partial charge in [-0.15, -0.1) is 5.10 Å². The Morgan fingerprint density at radius 2 is 2.26 bits per heavy atom. The van der Waals surface area contributed by atoms with Crippen LogP contribution in [0.15, 0.2) is 6.20 Å². The van der Waals surface area contributed by atoms with E-state index in [4.69, 9.17) is 4.74 Å². The van der Waals surface area contributed by atoms with Crippen LogP contribution in [-0.4, -0.2) is 45.0 Å². The fraction of sp³-hybridized carbons (Fsp3) is 0.769. The molecule has 2 atom stereocenters. The summed E-state index contributed by atoms with van der Waals surface area (Å²) in [5, 5.41) is 7.97. The highest BCUT2D eigenvalue weighted by Crippen LogP contribution is 2.22. The van der Waals surface area contributed by atoms with E-state index >= 15 is 0 Å². The van der Waals surface area contributed by atoms with Gasteiger partial charge in [-0.25, -0.2) is 4.68 Å². The molecule has 0 aliphatic carbocycles. The van der Waals surface area contributed by atoms with Crippen LogP contribution in [0.4, 0.5) is 0 Å². The number of hydrogen-bond donors (Lipinski definition) is 0. The highest BCUT2D eigenvalue weighted by atomic mass is 16.5. The zero-order valence-electron chi connectivity index (χ0n) is 11.3. The highest BCUT2D eigenvalue weighted by Gasteiger charge is 2.31. The Hall–Kier alpha value is -1.43. The highest BCUT2D eigenvalue weighted by molar-refractivity contribution is 5.79. The first kappa shape index (κ1) is 12.6. The summed E-state index contributed by atoms with van der Waals surface area (Å²) in [5.41, 5.74) is 0.992. The van der Waals surface area contributed by atoms with Crippen LogP contribution in [0.2, 0.25) is 0 Å². The van der Waals surface area contributed by atoms with Crippen LogP contribution in [-0.2, 0) is 22.7 Å². The van der Waals surface area contributed by atoms with Crippen molar-refractivity contribution in [3.8, 4) is 0 Å². The smallest absolute Gasteiger partial charge is 0.225 e. The first-order valence-corrected chi connectivity index (χ1v) is 7.01. The molecule has 1 amide bonds. The van der Waals surface area contributed by atoms with Gasteiger partial charge in [-0.05, 0) is 19.3 Å². The molecule has 1 saturated heterocycles. The van der Waals surface area contributed by atoms with Crippen LogP contribution >= 0.6 is 0 Å². The minimum Gasteiger partial charge on any atom is -0.373 e. The number of aromatic nitrogens is 3. The molecule has 0 aromatic carbocycles. The van der Waals surface area contributed by atoms with Crippen molar-refractivity contribution in [1.29, 1.82) is 0 Å². The van der Waals surface area contributed by atoms with Gasteiger partial charge in [0, 0.05) is 19.0 Å². The topological polar surface area (TPSA) is 60.2 Å². The SMILES string of the molecule is C[C@@H]1CCn2nncc2COC[C@H]2CCCN2C1=O. The fourth-order valence-corrected chi connectivity index (χ4v) is 2.90. The van der Waals surface area contributed by atoms with Gasteiger partial charge in [0.1, 0.15) is 0 Å². The van der Waals surface area contributed by atoms with Crippen LogP contribution in [0.1, 0.15) is 31.9 Å². The number of nitrogens with zero attached hydrogens (tertiary/aromatic N) is 4. The molecule has 0 N–H and O–H groups in total. The van der Waals surface area contributed by atoms with Gasteiger partial charge in [0.15, 0.2) is 0 Å². The van der Waals surface area contributed by atoms with E-state index in [2.05, 4.69) is 10.3 Å². The second kappa shape index (κ2) is 5.28. The summed E-state index contributed by atoms with van der Waals surface area (Å²) in [6.07, 6.45) is 4.69. The molecule has 1 fully saturated rings. The molecular weight excluding hydrogens is 244 g/mol. The Balaban J connectivity index is 1.79. The van der Waals surface area contributed by atoms with Crippen molar-refractivity contribution >= 4 is 5.91 Å². The van der Waals surface area contributed by atoms with Crippen LogP contribution in [0.3, 0.4) is 0 Å². The maximum Gasteiger partial charge on any atom is 0.225 e. The zero-order valence-corrected chi connectivity index (χ0v) is 11.3. The largest absolute Gasteiger partial charge is 0.373 e. The first-order chi connectivity index (χ1) is 9.25. The number of carbonyl (C=O) groups is 1. The number of rotatable bonds is 0. The fourth-order valence-electron chi connectivity index (χ4n) is 2.90. The van der Waals surface area contributed by atoms with E-state index in [9.17, 15) is 4.79 Å². The number of ether oxygens (including phenoxy) is 1. The lowest BCUT2D eigenvalue weighted by Gasteiger charge is -2.26. The second-order valence-electron chi connectivity index (χ2n) is 5.48. The molecule has 104 valence electrons. The van der Waals surface area contributed by atoms with Gasteiger partial charge in [0.05, 0.1) is 31.1 Å². The number of fused-ring (bicyclic) bond motifs is 2. The minimum atomic E-state index is 0.0377. The minimum absolute atomic E-state index is 0.0377. The number of amides is 1. The van der Waals surface area contributed by atoms with Crippen LogP contribution in [0, 0.1) is 5.92 Å². The second-order valence-corrected chi connectivity index (χ2v) is 5.48. The number of carbonyl (C=O) groups excluding carboxylic acids is 1. The monoisotopic (exact) mass is 264 g/mol. The van der Waals surface area contributed by atoms with Crippen LogP contribution in [0.25, 0.3) is 0 Å². The predicted molar refractivity (Wildman–Crippen MR) is 68.2 cm³/mol. The molecule has 6 nitrogen and oxygen atoms in total. The molecule has 1 aromatic heterocycles. The Labute approximate surface area is 112 Å². The Bertz CT molecular complexity index is 459. The third kappa shape index (κ3) is 2.49. The lowest BCUT2D eigenvalue weighted by molar-refractivity contribution is -0.137. The first-order valence-electron chi connectivity index (χ1n) is 7.01. The van der Waals surface area contributed by atoms with Crippen molar-refractivity contribution in [2.75, 3.05) is 13.2 Å². The zero-order chi connectivity index (χ0) is 13.2.